The molecular formula is C16H25N3O2S. The third kappa shape index (κ3) is 9.16. The first-order valence-corrected chi connectivity index (χ1v) is 7.87. The van der Waals surface area contributed by atoms with E-state index in [1.54, 1.807) is 13.8 Å². The molecule has 122 valence electrons. The molecule has 0 aliphatic rings. The average Bonchev–Trinajstić information content (AvgIpc) is 2.87. The molecule has 0 saturated carbocycles. The fraction of sp³-hybridized carbons (Fsp3) is 0.500. The van der Waals surface area contributed by atoms with Gasteiger partial charge in [-0.1, -0.05) is 30.3 Å². The highest BCUT2D eigenvalue weighted by Gasteiger charge is 2.15. The van der Waals surface area contributed by atoms with E-state index in [-0.39, 0.29) is 0 Å². The molecule has 6 heteroatoms. The quantitative estimate of drug-likeness (QED) is 0.477. The summed E-state index contributed by atoms with van der Waals surface area (Å²) in [4.78, 5) is 0. The van der Waals surface area contributed by atoms with E-state index in [2.05, 4.69) is 16.1 Å². The van der Waals surface area contributed by atoms with Crippen molar-refractivity contribution in [2.45, 2.75) is 46.1 Å². The number of nitrogens with two attached hydrogens (primary N) is 1. The van der Waals surface area contributed by atoms with Gasteiger partial charge in [-0.25, -0.2) is 0 Å². The van der Waals surface area contributed by atoms with Crippen molar-refractivity contribution in [2.75, 3.05) is 12.3 Å². The number of aliphatic hydroxyl groups is 1. The second-order valence-corrected chi connectivity index (χ2v) is 5.78. The molecule has 1 heterocycles. The van der Waals surface area contributed by atoms with Crippen molar-refractivity contribution in [1.82, 2.24) is 10.2 Å². The molecule has 0 bridgehead atoms. The lowest BCUT2D eigenvalue weighted by molar-refractivity contribution is 0.123. The number of nitrogens with zero attached hydrogens (tertiary/aromatic N) is 2. The number of aromatic nitrogens is 2. The van der Waals surface area contributed by atoms with Crippen LogP contribution in [0.1, 0.15) is 40.5 Å². The lowest BCUT2D eigenvalue weighted by Gasteiger charge is -2.18. The lowest BCUT2D eigenvalue weighted by Crippen LogP contribution is -2.20. The van der Waals surface area contributed by atoms with E-state index in [0.717, 1.165) is 18.4 Å². The summed E-state index contributed by atoms with van der Waals surface area (Å²) >= 11 is 1.22. The first-order chi connectivity index (χ1) is 10.3. The van der Waals surface area contributed by atoms with Gasteiger partial charge in [0.1, 0.15) is 0 Å². The number of hydrogen-bond donors (Lipinski definition) is 2. The summed E-state index contributed by atoms with van der Waals surface area (Å²) < 4.78 is 5.36. The Morgan fingerprint density at radius 1 is 1.50 bits per heavy atom. The average molecular weight is 323 g/mol. The lowest BCUT2D eigenvalue weighted by atomic mass is 9.97. The molecule has 0 aliphatic heterocycles. The normalized spacial score (nSPS) is 11.7. The monoisotopic (exact) mass is 323 g/mol. The Morgan fingerprint density at radius 2 is 2.14 bits per heavy atom. The Kier molecular flexibility index (Phi) is 9.92. The molecule has 0 spiro atoms. The van der Waals surface area contributed by atoms with Crippen LogP contribution < -0.4 is 10.5 Å². The predicted octanol–water partition coefficient (Wildman–Crippen LogP) is 3.19. The molecule has 0 atom stereocenters. The first-order valence-electron chi connectivity index (χ1n) is 7.06. The zero-order valence-electron chi connectivity index (χ0n) is 13.7. The Morgan fingerprint density at radius 3 is 2.55 bits per heavy atom. The molecule has 0 saturated heterocycles. The van der Waals surface area contributed by atoms with Gasteiger partial charge in [-0.3, -0.25) is 0 Å². The summed E-state index contributed by atoms with van der Waals surface area (Å²) in [5.74, 6) is 2.43. The van der Waals surface area contributed by atoms with Gasteiger partial charge in [-0.05, 0) is 44.1 Å². The largest absolute Gasteiger partial charge is 0.469 e. The zero-order valence-corrected chi connectivity index (χ0v) is 14.5. The van der Waals surface area contributed by atoms with Crippen LogP contribution in [0.15, 0.2) is 23.8 Å². The van der Waals surface area contributed by atoms with Crippen LogP contribution in [-0.4, -0.2) is 27.5 Å². The van der Waals surface area contributed by atoms with Gasteiger partial charge in [0.05, 0.1) is 12.2 Å². The topological polar surface area (TPSA) is 81.3 Å². The van der Waals surface area contributed by atoms with E-state index >= 15 is 0 Å². The zero-order chi connectivity index (χ0) is 17.0. The molecule has 0 aliphatic carbocycles. The van der Waals surface area contributed by atoms with Crippen molar-refractivity contribution in [2.24, 2.45) is 0 Å². The summed E-state index contributed by atoms with van der Waals surface area (Å²) in [6, 6.07) is 0. The van der Waals surface area contributed by atoms with Crippen LogP contribution >= 0.6 is 11.3 Å². The minimum atomic E-state index is -0.820. The molecule has 1 aromatic heterocycles. The van der Waals surface area contributed by atoms with Gasteiger partial charge >= 0.3 is 0 Å². The maximum atomic E-state index is 9.83. The highest BCUT2D eigenvalue weighted by Crippen LogP contribution is 2.19. The fourth-order valence-electron chi connectivity index (χ4n) is 1.36. The van der Waals surface area contributed by atoms with Crippen molar-refractivity contribution in [3.05, 3.63) is 23.8 Å². The van der Waals surface area contributed by atoms with Crippen LogP contribution in [-0.2, 0) is 0 Å². The summed E-state index contributed by atoms with van der Waals surface area (Å²) in [5.41, 5.74) is 5.49. The maximum Gasteiger partial charge on any atom is 0.295 e. The molecule has 0 amide bonds. The Balaban J connectivity index is 0.000000980. The summed E-state index contributed by atoms with van der Waals surface area (Å²) in [6.07, 6.45) is 12.1. The molecule has 1 aromatic rings. The van der Waals surface area contributed by atoms with Gasteiger partial charge < -0.3 is 15.6 Å². The predicted molar refractivity (Wildman–Crippen MR) is 92.8 cm³/mol. The van der Waals surface area contributed by atoms with Crippen molar-refractivity contribution in [3.63, 3.8) is 0 Å². The number of anilines is 1. The van der Waals surface area contributed by atoms with Crippen molar-refractivity contribution in [1.29, 1.82) is 0 Å². The molecule has 5 nitrogen and oxygen atoms in total. The van der Waals surface area contributed by atoms with Gasteiger partial charge in [0, 0.05) is 6.42 Å². The summed E-state index contributed by atoms with van der Waals surface area (Å²) in [6.45, 7) is 7.87. The highest BCUT2D eigenvalue weighted by atomic mass is 32.1. The molecule has 22 heavy (non-hydrogen) atoms. The molecule has 0 fully saturated rings. The van der Waals surface area contributed by atoms with Crippen LogP contribution in [0.4, 0.5) is 5.13 Å². The molecule has 0 radical (unpaired) electrons. The van der Waals surface area contributed by atoms with E-state index in [0.29, 0.717) is 16.9 Å². The molecule has 0 aromatic carbocycles. The van der Waals surface area contributed by atoms with E-state index in [9.17, 15) is 5.11 Å². The van der Waals surface area contributed by atoms with E-state index < -0.39 is 5.60 Å². The fourth-order valence-corrected chi connectivity index (χ4v) is 1.84. The number of ether oxygens (including phenoxy) is 1. The maximum absolute atomic E-state index is 9.83. The van der Waals surface area contributed by atoms with Crippen molar-refractivity contribution in [3.8, 4) is 17.5 Å². The van der Waals surface area contributed by atoms with Gasteiger partial charge in [-0.2, -0.15) is 0 Å². The van der Waals surface area contributed by atoms with Crippen LogP contribution in [0.3, 0.4) is 0 Å². The second kappa shape index (κ2) is 10.8. The van der Waals surface area contributed by atoms with Gasteiger partial charge in [0.25, 0.3) is 5.19 Å². The molecular weight excluding hydrogens is 298 g/mol. The summed E-state index contributed by atoms with van der Waals surface area (Å²) in [5, 5.41) is 18.1. The Hall–Kier alpha value is -1.84. The number of hydrogen-bond acceptors (Lipinski definition) is 6. The third-order valence-electron chi connectivity index (χ3n) is 2.45. The number of terminal acetylenes is 1. The van der Waals surface area contributed by atoms with Crippen LogP contribution in [0.25, 0.3) is 0 Å². The molecule has 0 unspecified atom stereocenters. The molecule has 3 N–H and O–H groups in total. The molecule has 1 rings (SSSR count). The van der Waals surface area contributed by atoms with Crippen LogP contribution in [0.5, 0.6) is 5.19 Å². The van der Waals surface area contributed by atoms with Crippen molar-refractivity contribution < 1.29 is 9.84 Å². The van der Waals surface area contributed by atoms with E-state index in [1.807, 2.05) is 32.1 Å². The minimum Gasteiger partial charge on any atom is -0.469 e. The van der Waals surface area contributed by atoms with Gasteiger partial charge in [-0.15, -0.1) is 17.4 Å². The number of nitrogen functional groups attached to an aromatic ring is 1. The Labute approximate surface area is 136 Å². The smallest absolute Gasteiger partial charge is 0.295 e. The third-order valence-corrected chi connectivity index (χ3v) is 3.12. The van der Waals surface area contributed by atoms with Crippen LogP contribution in [0.2, 0.25) is 0 Å². The minimum absolute atomic E-state index is 0.402. The number of allylic oxidation sites excluding steroid dienone is 1. The van der Waals surface area contributed by atoms with Crippen molar-refractivity contribution >= 4 is 16.5 Å². The van der Waals surface area contributed by atoms with Gasteiger partial charge in [0.2, 0.25) is 5.13 Å². The van der Waals surface area contributed by atoms with E-state index in [1.165, 1.54) is 11.3 Å². The standard InChI is InChI=1S/C12H19N3O2S.C4H6/c1-4-9(12(2,3)16)7-5-6-8-17-11-15-14-10(13)18-11;1-3-4-2/h4-5,7,16H,6,8H2,1-3H3,(H2,13,14);1H,4H2,2H3/b7-5-,9-4+;. The van der Waals surface area contributed by atoms with Crippen LogP contribution in [0, 0.1) is 12.3 Å². The van der Waals surface area contributed by atoms with E-state index in [4.69, 9.17) is 16.9 Å². The van der Waals surface area contributed by atoms with Gasteiger partial charge in [0.15, 0.2) is 0 Å². The first kappa shape index (κ1) is 20.2. The Bertz CT molecular complexity index is 522. The SMILES string of the molecule is C#CCC.C/C=C(\C=C/CCOc1nnc(N)s1)C(C)(C)O. The second-order valence-electron chi connectivity index (χ2n) is 4.81. The highest BCUT2D eigenvalue weighted by molar-refractivity contribution is 7.16. The summed E-state index contributed by atoms with van der Waals surface area (Å²) in [7, 11) is 0. The number of rotatable bonds is 6.